The van der Waals surface area contributed by atoms with Crippen molar-refractivity contribution in [3.05, 3.63) is 59.2 Å². The largest absolute Gasteiger partial charge is 0.381 e. The zero-order chi connectivity index (χ0) is 18.9. The lowest BCUT2D eigenvalue weighted by Crippen LogP contribution is -1.99. The predicted octanol–water partition coefficient (Wildman–Crippen LogP) is 5.20. The van der Waals surface area contributed by atoms with Gasteiger partial charge in [-0.1, -0.05) is 50.6 Å². The minimum atomic E-state index is -3.17. The number of rotatable bonds is 9. The van der Waals surface area contributed by atoms with Crippen molar-refractivity contribution in [2.45, 2.75) is 44.9 Å². The molecule has 25 heavy (non-hydrogen) atoms. The van der Waals surface area contributed by atoms with E-state index in [0.717, 1.165) is 24.8 Å². The molecular formula is C21H30O3S. The lowest BCUT2D eigenvalue weighted by Gasteiger charge is -2.16. The van der Waals surface area contributed by atoms with E-state index in [1.165, 1.54) is 23.0 Å². The standard InChI is InChI=1S/C21H30O3S/c1-6-10-21(18-12-14-19(15-13-18)25(5,22)23)20(8-3)17(7-2)11-9-16-24-4/h7,9,11-15H,6,8,10,16H2,1-5H3/b11-9-,17-7+,21-20-. The molecule has 1 aromatic rings. The van der Waals surface area contributed by atoms with E-state index in [1.807, 2.05) is 25.1 Å². The fourth-order valence-electron chi connectivity index (χ4n) is 2.86. The Bertz CT molecular complexity index is 736. The van der Waals surface area contributed by atoms with Gasteiger partial charge in [0.2, 0.25) is 0 Å². The van der Waals surface area contributed by atoms with Gasteiger partial charge in [-0.2, -0.15) is 0 Å². The Morgan fingerprint density at radius 2 is 1.80 bits per heavy atom. The molecule has 0 bridgehead atoms. The van der Waals surface area contributed by atoms with E-state index >= 15 is 0 Å². The van der Waals surface area contributed by atoms with Crippen LogP contribution in [0.4, 0.5) is 0 Å². The minimum absolute atomic E-state index is 0.358. The van der Waals surface area contributed by atoms with Gasteiger partial charge in [0, 0.05) is 13.4 Å². The Labute approximate surface area is 153 Å². The summed E-state index contributed by atoms with van der Waals surface area (Å²) in [7, 11) is -1.49. The smallest absolute Gasteiger partial charge is 0.175 e. The van der Waals surface area contributed by atoms with Gasteiger partial charge in [0.15, 0.2) is 9.84 Å². The molecule has 1 aromatic carbocycles. The number of ether oxygens (including phenoxy) is 1. The minimum Gasteiger partial charge on any atom is -0.381 e. The molecule has 0 heterocycles. The van der Waals surface area contributed by atoms with E-state index in [9.17, 15) is 8.42 Å². The zero-order valence-electron chi connectivity index (χ0n) is 16.0. The van der Waals surface area contributed by atoms with Crippen LogP contribution in [0.3, 0.4) is 0 Å². The van der Waals surface area contributed by atoms with Gasteiger partial charge in [-0.05, 0) is 54.2 Å². The van der Waals surface area contributed by atoms with Crippen molar-refractivity contribution in [2.75, 3.05) is 20.0 Å². The highest BCUT2D eigenvalue weighted by Gasteiger charge is 2.12. The number of allylic oxidation sites excluding steroid dienone is 5. The van der Waals surface area contributed by atoms with Gasteiger partial charge in [-0.15, -0.1) is 0 Å². The van der Waals surface area contributed by atoms with E-state index in [4.69, 9.17) is 4.74 Å². The molecule has 0 saturated heterocycles. The molecule has 0 spiro atoms. The van der Waals surface area contributed by atoms with Crippen LogP contribution < -0.4 is 0 Å². The topological polar surface area (TPSA) is 43.4 Å². The second kappa shape index (κ2) is 10.4. The van der Waals surface area contributed by atoms with Gasteiger partial charge in [0.1, 0.15) is 0 Å². The number of hydrogen-bond donors (Lipinski definition) is 0. The van der Waals surface area contributed by atoms with E-state index < -0.39 is 9.84 Å². The summed E-state index contributed by atoms with van der Waals surface area (Å²) in [5.41, 5.74) is 4.85. The summed E-state index contributed by atoms with van der Waals surface area (Å²) in [5, 5.41) is 0. The summed E-state index contributed by atoms with van der Waals surface area (Å²) in [6, 6.07) is 7.24. The lowest BCUT2D eigenvalue weighted by molar-refractivity contribution is 0.234. The third-order valence-corrected chi connectivity index (χ3v) is 5.20. The average molecular weight is 363 g/mol. The first kappa shape index (κ1) is 21.4. The highest BCUT2D eigenvalue weighted by molar-refractivity contribution is 7.90. The van der Waals surface area contributed by atoms with E-state index in [2.05, 4.69) is 26.0 Å². The van der Waals surface area contributed by atoms with Crippen LogP contribution in [-0.2, 0) is 14.6 Å². The molecule has 0 N–H and O–H groups in total. The molecule has 0 amide bonds. The second-order valence-corrected chi connectivity index (χ2v) is 7.97. The Balaban J connectivity index is 3.40. The molecule has 4 heteroatoms. The maximum absolute atomic E-state index is 11.7. The van der Waals surface area contributed by atoms with Crippen LogP contribution in [0, 0.1) is 0 Å². The molecule has 0 saturated carbocycles. The molecule has 0 aliphatic heterocycles. The van der Waals surface area contributed by atoms with Crippen LogP contribution in [-0.4, -0.2) is 28.4 Å². The Morgan fingerprint density at radius 1 is 1.16 bits per heavy atom. The van der Waals surface area contributed by atoms with Gasteiger partial charge in [-0.25, -0.2) is 8.42 Å². The van der Waals surface area contributed by atoms with Gasteiger partial charge in [0.25, 0.3) is 0 Å². The number of methoxy groups -OCH3 is 1. The first-order valence-electron chi connectivity index (χ1n) is 8.73. The third-order valence-electron chi connectivity index (χ3n) is 4.07. The quantitative estimate of drug-likeness (QED) is 0.567. The van der Waals surface area contributed by atoms with Crippen molar-refractivity contribution in [1.29, 1.82) is 0 Å². The normalized spacial score (nSPS) is 14.0. The second-order valence-electron chi connectivity index (χ2n) is 5.96. The first-order chi connectivity index (χ1) is 11.9. The molecular weight excluding hydrogens is 332 g/mol. The monoisotopic (exact) mass is 362 g/mol. The van der Waals surface area contributed by atoms with Crippen LogP contribution >= 0.6 is 0 Å². The average Bonchev–Trinajstić information content (AvgIpc) is 2.59. The Kier molecular flexibility index (Phi) is 8.87. The maximum Gasteiger partial charge on any atom is 0.175 e. The Hall–Kier alpha value is -1.65. The molecule has 0 aliphatic rings. The molecule has 138 valence electrons. The van der Waals surface area contributed by atoms with Gasteiger partial charge in [-0.3, -0.25) is 0 Å². The van der Waals surface area contributed by atoms with Crippen molar-refractivity contribution < 1.29 is 13.2 Å². The lowest BCUT2D eigenvalue weighted by atomic mass is 9.89. The van der Waals surface area contributed by atoms with Crippen molar-refractivity contribution in [3.8, 4) is 0 Å². The molecule has 3 nitrogen and oxygen atoms in total. The third kappa shape index (κ3) is 6.29. The molecule has 0 unspecified atom stereocenters. The van der Waals surface area contributed by atoms with Gasteiger partial charge in [0.05, 0.1) is 11.5 Å². The highest BCUT2D eigenvalue weighted by atomic mass is 32.2. The summed E-state index contributed by atoms with van der Waals surface area (Å²) >= 11 is 0. The molecule has 0 aliphatic carbocycles. The summed E-state index contributed by atoms with van der Waals surface area (Å²) < 4.78 is 28.5. The van der Waals surface area contributed by atoms with Crippen molar-refractivity contribution >= 4 is 15.4 Å². The highest BCUT2D eigenvalue weighted by Crippen LogP contribution is 2.31. The van der Waals surface area contributed by atoms with E-state index in [0.29, 0.717) is 11.5 Å². The van der Waals surface area contributed by atoms with Crippen LogP contribution in [0.1, 0.15) is 45.6 Å². The SMILES string of the molecule is C/C=C(\C=C/COC)C(/CC)=C(/CCC)c1ccc(S(C)(=O)=O)cc1. The predicted molar refractivity (Wildman–Crippen MR) is 106 cm³/mol. The summed E-state index contributed by atoms with van der Waals surface area (Å²) in [6.45, 7) is 6.94. The van der Waals surface area contributed by atoms with Crippen LogP contribution in [0.2, 0.25) is 0 Å². The van der Waals surface area contributed by atoms with Crippen LogP contribution in [0.25, 0.3) is 5.57 Å². The zero-order valence-corrected chi connectivity index (χ0v) is 16.8. The fourth-order valence-corrected chi connectivity index (χ4v) is 3.49. The molecule has 1 rings (SSSR count). The van der Waals surface area contributed by atoms with E-state index in [-0.39, 0.29) is 0 Å². The van der Waals surface area contributed by atoms with Crippen molar-refractivity contribution in [3.63, 3.8) is 0 Å². The summed E-state index contributed by atoms with van der Waals surface area (Å²) in [6.07, 6.45) is 10.4. The van der Waals surface area contributed by atoms with Gasteiger partial charge >= 0.3 is 0 Å². The molecule has 0 aromatic heterocycles. The van der Waals surface area contributed by atoms with Crippen LogP contribution in [0.5, 0.6) is 0 Å². The summed E-state index contributed by atoms with van der Waals surface area (Å²) in [5.74, 6) is 0. The fraction of sp³-hybridized carbons (Fsp3) is 0.429. The van der Waals surface area contributed by atoms with E-state index in [1.54, 1.807) is 19.2 Å². The molecule has 0 radical (unpaired) electrons. The Morgan fingerprint density at radius 3 is 2.24 bits per heavy atom. The number of sulfone groups is 1. The van der Waals surface area contributed by atoms with Crippen molar-refractivity contribution in [1.82, 2.24) is 0 Å². The number of hydrogen-bond acceptors (Lipinski definition) is 3. The molecule has 0 atom stereocenters. The van der Waals surface area contributed by atoms with Crippen LogP contribution in [0.15, 0.2) is 58.5 Å². The van der Waals surface area contributed by atoms with Crippen molar-refractivity contribution in [2.24, 2.45) is 0 Å². The number of benzene rings is 1. The first-order valence-corrected chi connectivity index (χ1v) is 10.6. The van der Waals surface area contributed by atoms with Gasteiger partial charge < -0.3 is 4.74 Å². The maximum atomic E-state index is 11.7. The molecule has 0 fully saturated rings. The summed E-state index contributed by atoms with van der Waals surface area (Å²) in [4.78, 5) is 0.358.